The summed E-state index contributed by atoms with van der Waals surface area (Å²) in [4.78, 5) is 11.3. The van der Waals surface area contributed by atoms with Crippen molar-refractivity contribution in [2.24, 2.45) is 0 Å². The summed E-state index contributed by atoms with van der Waals surface area (Å²) in [6, 6.07) is 7.29. The lowest BCUT2D eigenvalue weighted by atomic mass is 10.2. The molecule has 1 aliphatic heterocycles. The molecule has 1 heterocycles. The van der Waals surface area contributed by atoms with Crippen LogP contribution >= 0.6 is 12.2 Å². The van der Waals surface area contributed by atoms with Crippen LogP contribution in [0.5, 0.6) is 5.75 Å². The first-order chi connectivity index (χ1) is 7.69. The van der Waals surface area contributed by atoms with Crippen molar-refractivity contribution in [2.45, 2.75) is 0 Å². The van der Waals surface area contributed by atoms with Gasteiger partial charge in [0.25, 0.3) is 11.1 Å². The zero-order valence-electron chi connectivity index (χ0n) is 8.52. The molecule has 5 heteroatoms. The molecule has 1 amide bonds. The van der Waals surface area contributed by atoms with E-state index in [0.717, 1.165) is 11.3 Å². The van der Waals surface area contributed by atoms with Crippen molar-refractivity contribution in [3.63, 3.8) is 0 Å². The Labute approximate surface area is 97.9 Å². The SMILES string of the molecule is COc1cccc(C=C2OC(=S)NC2=O)c1. The molecule has 0 aromatic heterocycles. The van der Waals surface area contributed by atoms with Crippen LogP contribution in [0.25, 0.3) is 6.08 Å². The average molecular weight is 235 g/mol. The number of rotatable bonds is 2. The molecular weight excluding hydrogens is 226 g/mol. The van der Waals surface area contributed by atoms with Crippen LogP contribution in [0.1, 0.15) is 5.56 Å². The minimum Gasteiger partial charge on any atom is -0.497 e. The third-order valence-corrected chi connectivity index (χ3v) is 2.22. The molecule has 0 bridgehead atoms. The van der Waals surface area contributed by atoms with Crippen LogP contribution in [0.15, 0.2) is 30.0 Å². The Morgan fingerprint density at radius 3 is 2.94 bits per heavy atom. The van der Waals surface area contributed by atoms with E-state index in [4.69, 9.17) is 21.7 Å². The number of methoxy groups -OCH3 is 1. The Balaban J connectivity index is 2.28. The molecule has 1 aromatic carbocycles. The number of hydrogen-bond acceptors (Lipinski definition) is 4. The zero-order chi connectivity index (χ0) is 11.5. The molecule has 0 radical (unpaired) electrons. The monoisotopic (exact) mass is 235 g/mol. The van der Waals surface area contributed by atoms with E-state index >= 15 is 0 Å². The molecule has 1 aromatic rings. The van der Waals surface area contributed by atoms with Crippen LogP contribution in [0.3, 0.4) is 0 Å². The van der Waals surface area contributed by atoms with Crippen molar-refractivity contribution < 1.29 is 14.3 Å². The van der Waals surface area contributed by atoms with Crippen LogP contribution in [0.2, 0.25) is 0 Å². The number of thiocarbonyl (C=S) groups is 1. The van der Waals surface area contributed by atoms with Gasteiger partial charge in [0, 0.05) is 0 Å². The predicted octanol–water partition coefficient (Wildman–Crippen LogP) is 1.47. The number of ether oxygens (including phenoxy) is 2. The maximum Gasteiger partial charge on any atom is 0.294 e. The molecule has 82 valence electrons. The number of carbonyl (C=O) groups is 1. The lowest BCUT2D eigenvalue weighted by Crippen LogP contribution is -2.18. The van der Waals surface area contributed by atoms with Gasteiger partial charge in [-0.05, 0) is 36.0 Å². The predicted molar refractivity (Wildman–Crippen MR) is 62.8 cm³/mol. The van der Waals surface area contributed by atoms with Crippen molar-refractivity contribution >= 4 is 29.4 Å². The maximum atomic E-state index is 11.3. The van der Waals surface area contributed by atoms with Crippen LogP contribution in [0, 0.1) is 0 Å². The lowest BCUT2D eigenvalue weighted by molar-refractivity contribution is -0.116. The van der Waals surface area contributed by atoms with Crippen LogP contribution in [-0.4, -0.2) is 18.2 Å². The quantitative estimate of drug-likeness (QED) is 0.623. The van der Waals surface area contributed by atoms with E-state index < -0.39 is 0 Å². The first kappa shape index (κ1) is 10.6. The molecule has 16 heavy (non-hydrogen) atoms. The Hall–Kier alpha value is -1.88. The van der Waals surface area contributed by atoms with Crippen LogP contribution < -0.4 is 10.1 Å². The standard InChI is InChI=1S/C11H9NO3S/c1-14-8-4-2-3-7(5-8)6-9-10(13)12-11(16)15-9/h2-6H,1H3,(H,12,13,16). The highest BCUT2D eigenvalue weighted by molar-refractivity contribution is 7.80. The Morgan fingerprint density at radius 2 is 2.31 bits per heavy atom. The molecule has 1 aliphatic rings. The van der Waals surface area contributed by atoms with E-state index in [0.29, 0.717) is 0 Å². The van der Waals surface area contributed by atoms with Gasteiger partial charge in [-0.2, -0.15) is 0 Å². The van der Waals surface area contributed by atoms with Gasteiger partial charge in [0.15, 0.2) is 5.76 Å². The summed E-state index contributed by atoms with van der Waals surface area (Å²) < 4.78 is 10.1. The minimum atomic E-state index is -0.326. The molecule has 0 atom stereocenters. The normalized spacial score (nSPS) is 17.2. The van der Waals surface area contributed by atoms with E-state index in [1.807, 2.05) is 18.2 Å². The van der Waals surface area contributed by atoms with Gasteiger partial charge in [0.1, 0.15) is 5.75 Å². The highest BCUT2D eigenvalue weighted by Gasteiger charge is 2.22. The summed E-state index contributed by atoms with van der Waals surface area (Å²) in [6.45, 7) is 0. The molecule has 0 spiro atoms. The largest absolute Gasteiger partial charge is 0.497 e. The number of nitrogens with one attached hydrogen (secondary N) is 1. The molecule has 0 saturated carbocycles. The van der Waals surface area contributed by atoms with Crippen molar-refractivity contribution in [1.82, 2.24) is 5.32 Å². The highest BCUT2D eigenvalue weighted by Crippen LogP contribution is 2.17. The van der Waals surface area contributed by atoms with Gasteiger partial charge >= 0.3 is 0 Å². The van der Waals surface area contributed by atoms with E-state index in [1.54, 1.807) is 19.3 Å². The minimum absolute atomic E-state index is 0.0825. The van der Waals surface area contributed by atoms with Gasteiger partial charge in [-0.15, -0.1) is 0 Å². The summed E-state index contributed by atoms with van der Waals surface area (Å²) in [7, 11) is 1.58. The molecule has 1 fully saturated rings. The third-order valence-electron chi connectivity index (χ3n) is 2.03. The number of carbonyl (C=O) groups excluding carboxylic acids is 1. The second-order valence-corrected chi connectivity index (χ2v) is 3.50. The molecule has 4 nitrogen and oxygen atoms in total. The average Bonchev–Trinajstić information content (AvgIpc) is 2.58. The van der Waals surface area contributed by atoms with Gasteiger partial charge in [-0.25, -0.2) is 0 Å². The van der Waals surface area contributed by atoms with Gasteiger partial charge in [0.2, 0.25) is 0 Å². The van der Waals surface area contributed by atoms with Gasteiger partial charge < -0.3 is 9.47 Å². The topological polar surface area (TPSA) is 47.6 Å². The molecule has 0 aliphatic carbocycles. The van der Waals surface area contributed by atoms with Crippen LogP contribution in [-0.2, 0) is 9.53 Å². The van der Waals surface area contributed by atoms with Gasteiger partial charge in [-0.3, -0.25) is 10.1 Å². The number of amides is 1. The first-order valence-electron chi connectivity index (χ1n) is 4.58. The molecule has 2 rings (SSSR count). The van der Waals surface area contributed by atoms with E-state index in [2.05, 4.69) is 5.32 Å². The maximum absolute atomic E-state index is 11.3. The second kappa shape index (κ2) is 4.32. The van der Waals surface area contributed by atoms with E-state index in [-0.39, 0.29) is 16.8 Å². The Bertz CT molecular complexity index is 482. The second-order valence-electron chi connectivity index (χ2n) is 3.13. The lowest BCUT2D eigenvalue weighted by Gasteiger charge is -2.00. The van der Waals surface area contributed by atoms with E-state index in [1.165, 1.54) is 0 Å². The van der Waals surface area contributed by atoms with Crippen molar-refractivity contribution in [3.05, 3.63) is 35.6 Å². The third kappa shape index (κ3) is 2.20. The van der Waals surface area contributed by atoms with Gasteiger partial charge in [-0.1, -0.05) is 12.1 Å². The van der Waals surface area contributed by atoms with Crippen molar-refractivity contribution in [2.75, 3.05) is 7.11 Å². The smallest absolute Gasteiger partial charge is 0.294 e. The summed E-state index contributed by atoms with van der Waals surface area (Å²) in [5.74, 6) is 0.585. The Morgan fingerprint density at radius 1 is 1.50 bits per heavy atom. The summed E-state index contributed by atoms with van der Waals surface area (Å²) in [5, 5.41) is 2.47. The number of hydrogen-bond donors (Lipinski definition) is 1. The van der Waals surface area contributed by atoms with E-state index in [9.17, 15) is 4.79 Å². The van der Waals surface area contributed by atoms with Gasteiger partial charge in [0.05, 0.1) is 7.11 Å². The summed E-state index contributed by atoms with van der Waals surface area (Å²) in [5.41, 5.74) is 0.814. The molecular formula is C11H9NO3S. The molecule has 1 N–H and O–H groups in total. The summed E-state index contributed by atoms with van der Waals surface area (Å²) in [6.07, 6.45) is 1.61. The number of benzene rings is 1. The fourth-order valence-corrected chi connectivity index (χ4v) is 1.49. The zero-order valence-corrected chi connectivity index (χ0v) is 9.34. The van der Waals surface area contributed by atoms with Crippen molar-refractivity contribution in [3.8, 4) is 5.75 Å². The fourth-order valence-electron chi connectivity index (χ4n) is 1.30. The Kier molecular flexibility index (Phi) is 2.87. The first-order valence-corrected chi connectivity index (χ1v) is 4.99. The highest BCUT2D eigenvalue weighted by atomic mass is 32.1. The fraction of sp³-hybridized carbons (Fsp3) is 0.0909. The molecule has 0 unspecified atom stereocenters. The molecule has 1 saturated heterocycles. The summed E-state index contributed by atoms with van der Waals surface area (Å²) >= 11 is 4.72. The van der Waals surface area contributed by atoms with Crippen molar-refractivity contribution in [1.29, 1.82) is 0 Å². The van der Waals surface area contributed by atoms with Crippen LogP contribution in [0.4, 0.5) is 0 Å².